The quantitative estimate of drug-likeness (QED) is 0.847. The first-order valence-electron chi connectivity index (χ1n) is 7.99. The second kappa shape index (κ2) is 6.60. The molecule has 1 N–H and O–H groups in total. The standard InChI is InChI=1S/C17H30N2/c1-5-19-14(3)10-17(15(19)4)12-18-11-16-9-7-6-8-13(16)2/h10,13,16,18H,5-9,11-12H2,1-4H3. The summed E-state index contributed by atoms with van der Waals surface area (Å²) in [5.41, 5.74) is 4.30. The molecule has 2 unspecified atom stereocenters. The summed E-state index contributed by atoms with van der Waals surface area (Å²) in [6, 6.07) is 2.34. The monoisotopic (exact) mass is 262 g/mol. The van der Waals surface area contributed by atoms with E-state index < -0.39 is 0 Å². The summed E-state index contributed by atoms with van der Waals surface area (Å²) in [4.78, 5) is 0. The zero-order chi connectivity index (χ0) is 13.8. The van der Waals surface area contributed by atoms with Gasteiger partial charge in [0.15, 0.2) is 0 Å². The summed E-state index contributed by atoms with van der Waals surface area (Å²) < 4.78 is 2.40. The van der Waals surface area contributed by atoms with Crippen LogP contribution in [-0.2, 0) is 13.1 Å². The van der Waals surface area contributed by atoms with Crippen LogP contribution in [-0.4, -0.2) is 11.1 Å². The minimum Gasteiger partial charge on any atom is -0.349 e. The lowest BCUT2D eigenvalue weighted by atomic mass is 9.80. The molecular formula is C17H30N2. The molecule has 0 bridgehead atoms. The average Bonchev–Trinajstić information content (AvgIpc) is 2.66. The van der Waals surface area contributed by atoms with Crippen LogP contribution in [0.5, 0.6) is 0 Å². The maximum absolute atomic E-state index is 3.69. The van der Waals surface area contributed by atoms with Crippen LogP contribution >= 0.6 is 0 Å². The second-order valence-electron chi connectivity index (χ2n) is 6.29. The fourth-order valence-corrected chi connectivity index (χ4v) is 3.63. The molecule has 1 aromatic rings. The molecule has 2 rings (SSSR count). The summed E-state index contributed by atoms with van der Waals surface area (Å²) >= 11 is 0. The van der Waals surface area contributed by atoms with Crippen LogP contribution < -0.4 is 5.32 Å². The Kier molecular flexibility index (Phi) is 5.09. The molecule has 1 aromatic heterocycles. The Hall–Kier alpha value is -0.760. The van der Waals surface area contributed by atoms with Crippen molar-refractivity contribution in [1.82, 2.24) is 9.88 Å². The Balaban J connectivity index is 1.85. The summed E-state index contributed by atoms with van der Waals surface area (Å²) in [7, 11) is 0. The molecule has 1 aliphatic carbocycles. The van der Waals surface area contributed by atoms with Crippen LogP contribution in [0.25, 0.3) is 0 Å². The number of nitrogens with zero attached hydrogens (tertiary/aromatic N) is 1. The van der Waals surface area contributed by atoms with Gasteiger partial charge >= 0.3 is 0 Å². The molecule has 0 aromatic carbocycles. The van der Waals surface area contributed by atoms with Crippen molar-refractivity contribution in [3.05, 3.63) is 23.0 Å². The minimum atomic E-state index is 0.892. The Morgan fingerprint density at radius 3 is 2.63 bits per heavy atom. The van der Waals surface area contributed by atoms with Crippen molar-refractivity contribution in [2.45, 2.75) is 66.5 Å². The molecule has 1 saturated carbocycles. The first-order valence-corrected chi connectivity index (χ1v) is 7.99. The van der Waals surface area contributed by atoms with Gasteiger partial charge in [0.25, 0.3) is 0 Å². The predicted molar refractivity (Wildman–Crippen MR) is 82.4 cm³/mol. The van der Waals surface area contributed by atoms with Gasteiger partial charge in [-0.2, -0.15) is 0 Å². The van der Waals surface area contributed by atoms with Crippen molar-refractivity contribution in [2.75, 3.05) is 6.54 Å². The number of hydrogen-bond acceptors (Lipinski definition) is 1. The molecule has 1 aliphatic rings. The Bertz CT molecular complexity index is 406. The van der Waals surface area contributed by atoms with Gasteiger partial charge in [0.05, 0.1) is 0 Å². The van der Waals surface area contributed by atoms with Crippen molar-refractivity contribution >= 4 is 0 Å². The van der Waals surface area contributed by atoms with E-state index in [2.05, 4.69) is 43.6 Å². The van der Waals surface area contributed by atoms with Gasteiger partial charge in [-0.05, 0) is 57.2 Å². The molecule has 1 heterocycles. The molecular weight excluding hydrogens is 232 g/mol. The number of aromatic nitrogens is 1. The predicted octanol–water partition coefficient (Wildman–Crippen LogP) is 4.04. The van der Waals surface area contributed by atoms with Crippen molar-refractivity contribution in [3.8, 4) is 0 Å². The van der Waals surface area contributed by atoms with Crippen LogP contribution in [0.15, 0.2) is 6.07 Å². The molecule has 0 amide bonds. The van der Waals surface area contributed by atoms with Gasteiger partial charge in [0.1, 0.15) is 0 Å². The topological polar surface area (TPSA) is 17.0 Å². The van der Waals surface area contributed by atoms with E-state index in [9.17, 15) is 0 Å². The van der Waals surface area contributed by atoms with Gasteiger partial charge in [0, 0.05) is 24.5 Å². The minimum absolute atomic E-state index is 0.892. The maximum atomic E-state index is 3.69. The maximum Gasteiger partial charge on any atom is 0.0223 e. The Labute approximate surface area is 118 Å². The molecule has 2 atom stereocenters. The van der Waals surface area contributed by atoms with Gasteiger partial charge < -0.3 is 9.88 Å². The molecule has 2 heteroatoms. The highest BCUT2D eigenvalue weighted by atomic mass is 15.0. The summed E-state index contributed by atoms with van der Waals surface area (Å²) in [6.45, 7) is 12.4. The molecule has 2 nitrogen and oxygen atoms in total. The fraction of sp³-hybridized carbons (Fsp3) is 0.765. The fourth-order valence-electron chi connectivity index (χ4n) is 3.63. The van der Waals surface area contributed by atoms with E-state index in [-0.39, 0.29) is 0 Å². The van der Waals surface area contributed by atoms with Crippen LogP contribution in [0.3, 0.4) is 0 Å². The summed E-state index contributed by atoms with van der Waals surface area (Å²) in [5, 5.41) is 3.69. The van der Waals surface area contributed by atoms with Crippen LogP contribution in [0.2, 0.25) is 0 Å². The van der Waals surface area contributed by atoms with Crippen molar-refractivity contribution in [1.29, 1.82) is 0 Å². The molecule has 0 radical (unpaired) electrons. The number of aryl methyl sites for hydroxylation is 1. The zero-order valence-electron chi connectivity index (χ0n) is 13.1. The Morgan fingerprint density at radius 1 is 1.26 bits per heavy atom. The third-order valence-electron chi connectivity index (χ3n) is 5.01. The lowest BCUT2D eigenvalue weighted by Gasteiger charge is -2.28. The SMILES string of the molecule is CCn1c(C)cc(CNCC2CCCCC2C)c1C. The molecule has 1 fully saturated rings. The lowest BCUT2D eigenvalue weighted by molar-refractivity contribution is 0.247. The van der Waals surface area contributed by atoms with Crippen LogP contribution in [0, 0.1) is 25.7 Å². The van der Waals surface area contributed by atoms with Crippen LogP contribution in [0.1, 0.15) is 56.5 Å². The highest BCUT2D eigenvalue weighted by molar-refractivity contribution is 5.26. The number of nitrogens with one attached hydrogen (secondary N) is 1. The van der Waals surface area contributed by atoms with E-state index in [1.165, 1.54) is 49.2 Å². The van der Waals surface area contributed by atoms with Crippen LogP contribution in [0.4, 0.5) is 0 Å². The number of hydrogen-bond donors (Lipinski definition) is 1. The lowest BCUT2D eigenvalue weighted by Crippen LogP contribution is -2.29. The molecule has 0 spiro atoms. The average molecular weight is 262 g/mol. The van der Waals surface area contributed by atoms with Crippen molar-refractivity contribution in [3.63, 3.8) is 0 Å². The van der Waals surface area contributed by atoms with E-state index >= 15 is 0 Å². The Morgan fingerprint density at radius 2 is 2.00 bits per heavy atom. The third kappa shape index (κ3) is 3.42. The van der Waals surface area contributed by atoms with E-state index in [1.807, 2.05) is 0 Å². The molecule has 108 valence electrons. The second-order valence-corrected chi connectivity index (χ2v) is 6.29. The van der Waals surface area contributed by atoms with Gasteiger partial charge in [-0.1, -0.05) is 26.2 Å². The van der Waals surface area contributed by atoms with E-state index in [0.717, 1.165) is 24.9 Å². The van der Waals surface area contributed by atoms with Gasteiger partial charge in [-0.25, -0.2) is 0 Å². The van der Waals surface area contributed by atoms with Gasteiger partial charge in [0.2, 0.25) is 0 Å². The molecule has 19 heavy (non-hydrogen) atoms. The highest BCUT2D eigenvalue weighted by Crippen LogP contribution is 2.29. The normalized spacial score (nSPS) is 23.8. The summed E-state index contributed by atoms with van der Waals surface area (Å²) in [6.07, 6.45) is 5.72. The van der Waals surface area contributed by atoms with E-state index in [0.29, 0.717) is 0 Å². The third-order valence-corrected chi connectivity index (χ3v) is 5.01. The molecule has 0 saturated heterocycles. The summed E-state index contributed by atoms with van der Waals surface area (Å²) in [5.74, 6) is 1.80. The smallest absolute Gasteiger partial charge is 0.0223 e. The van der Waals surface area contributed by atoms with Gasteiger partial charge in [-0.3, -0.25) is 0 Å². The highest BCUT2D eigenvalue weighted by Gasteiger charge is 2.20. The first-order chi connectivity index (χ1) is 9.13. The van der Waals surface area contributed by atoms with Crippen molar-refractivity contribution < 1.29 is 0 Å². The molecule has 0 aliphatic heterocycles. The van der Waals surface area contributed by atoms with E-state index in [4.69, 9.17) is 0 Å². The van der Waals surface area contributed by atoms with Gasteiger partial charge in [-0.15, -0.1) is 0 Å². The van der Waals surface area contributed by atoms with Crippen molar-refractivity contribution in [2.24, 2.45) is 11.8 Å². The first kappa shape index (κ1) is 14.6. The van der Waals surface area contributed by atoms with E-state index in [1.54, 1.807) is 0 Å². The number of rotatable bonds is 5. The zero-order valence-corrected chi connectivity index (χ0v) is 13.1. The largest absolute Gasteiger partial charge is 0.349 e.